The van der Waals surface area contributed by atoms with E-state index in [0.29, 0.717) is 13.1 Å². The van der Waals surface area contributed by atoms with E-state index < -0.39 is 53.7 Å². The van der Waals surface area contributed by atoms with Crippen molar-refractivity contribution in [2.75, 3.05) is 6.61 Å². The summed E-state index contributed by atoms with van der Waals surface area (Å²) in [6, 6.07) is 18.0. The summed E-state index contributed by atoms with van der Waals surface area (Å²) < 4.78 is 30.6. The van der Waals surface area contributed by atoms with Crippen molar-refractivity contribution in [3.63, 3.8) is 0 Å². The minimum Gasteiger partial charge on any atom is -0.385 e. The first-order valence-electron chi connectivity index (χ1n) is 12.7. The number of hydrogen-bond acceptors (Lipinski definition) is 8. The quantitative estimate of drug-likeness (QED) is 0.581. The molecule has 200 valence electrons. The molecule has 0 unspecified atom stereocenters. The zero-order valence-corrected chi connectivity index (χ0v) is 21.7. The van der Waals surface area contributed by atoms with Crippen LogP contribution in [0.4, 0.5) is 0 Å². The number of nitrogens with two attached hydrogens (primary N) is 1. The lowest BCUT2D eigenvalue weighted by Gasteiger charge is -2.44. The van der Waals surface area contributed by atoms with Crippen molar-refractivity contribution in [1.29, 1.82) is 0 Å². The van der Waals surface area contributed by atoms with Crippen LogP contribution in [-0.2, 0) is 41.6 Å². The van der Waals surface area contributed by atoms with Crippen molar-refractivity contribution >= 4 is 5.91 Å². The highest BCUT2D eigenvalue weighted by Crippen LogP contribution is 2.49. The Labute approximate surface area is 217 Å². The third kappa shape index (κ3) is 5.18. The molecule has 1 amide bonds. The predicted octanol–water partition coefficient (Wildman–Crippen LogP) is 2.30. The molecule has 3 aliphatic rings. The number of hydrogen-bond donors (Lipinski definition) is 2. The Bertz CT molecular complexity index is 1050. The summed E-state index contributed by atoms with van der Waals surface area (Å²) >= 11 is 0. The Morgan fingerprint density at radius 3 is 2.08 bits per heavy atom. The van der Waals surface area contributed by atoms with Gasteiger partial charge in [-0.2, -0.15) is 0 Å². The Morgan fingerprint density at radius 2 is 1.51 bits per heavy atom. The van der Waals surface area contributed by atoms with E-state index in [-0.39, 0.29) is 6.61 Å². The highest BCUT2D eigenvalue weighted by atomic mass is 16.9. The van der Waals surface area contributed by atoms with Crippen LogP contribution in [0.15, 0.2) is 60.7 Å². The predicted molar refractivity (Wildman–Crippen MR) is 134 cm³/mol. The average molecular weight is 513 g/mol. The fourth-order valence-electron chi connectivity index (χ4n) is 5.45. The fourth-order valence-corrected chi connectivity index (χ4v) is 5.45. The van der Waals surface area contributed by atoms with Gasteiger partial charge in [0.25, 0.3) is 0 Å². The molecule has 6 atom stereocenters. The number of carbonyl (C=O) groups excluding carboxylic acids is 1. The fraction of sp³-hybridized carbons (Fsp3) is 0.536. The number of nitrogens with zero attached hydrogens (tertiary/aromatic N) is 1. The van der Waals surface area contributed by atoms with Crippen molar-refractivity contribution < 1.29 is 33.6 Å². The first kappa shape index (κ1) is 26.2. The first-order chi connectivity index (χ1) is 17.5. The number of rotatable bonds is 7. The average Bonchev–Trinajstić information content (AvgIpc) is 3.35. The van der Waals surface area contributed by atoms with Crippen LogP contribution in [0, 0.1) is 0 Å². The van der Waals surface area contributed by atoms with E-state index >= 15 is 0 Å². The van der Waals surface area contributed by atoms with Gasteiger partial charge in [0.1, 0.15) is 30.5 Å². The number of benzene rings is 2. The summed E-state index contributed by atoms with van der Waals surface area (Å²) in [5.41, 5.74) is 8.39. The molecule has 0 aliphatic carbocycles. The molecule has 2 aromatic carbocycles. The van der Waals surface area contributed by atoms with Crippen LogP contribution in [0.2, 0.25) is 0 Å². The van der Waals surface area contributed by atoms with Crippen molar-refractivity contribution in [1.82, 2.24) is 4.90 Å². The molecule has 0 saturated carbocycles. The van der Waals surface area contributed by atoms with E-state index in [4.69, 9.17) is 29.4 Å². The largest absolute Gasteiger partial charge is 0.385 e. The summed E-state index contributed by atoms with van der Waals surface area (Å²) in [6.07, 6.45) is -3.35. The minimum absolute atomic E-state index is 0.0970. The van der Waals surface area contributed by atoms with E-state index in [1.807, 2.05) is 74.5 Å². The van der Waals surface area contributed by atoms with Crippen LogP contribution >= 0.6 is 0 Å². The number of fused-ring (bicyclic) bond motifs is 3. The second-order valence-corrected chi connectivity index (χ2v) is 10.8. The summed E-state index contributed by atoms with van der Waals surface area (Å²) in [7, 11) is 0. The second-order valence-electron chi connectivity index (χ2n) is 10.8. The SMILES string of the molecule is CC1(C)O[C@@H]2[C@@H](CO[C@@]3([C@H](O)[C@H](N)C(=O)N(Cc4ccccc4)Cc4ccccc4)OC(C)(C)O[C@@H]23)O1. The summed E-state index contributed by atoms with van der Waals surface area (Å²) in [5, 5.41) is 11.6. The van der Waals surface area contributed by atoms with Crippen LogP contribution in [0.5, 0.6) is 0 Å². The normalized spacial score (nSPS) is 31.2. The van der Waals surface area contributed by atoms with E-state index in [9.17, 15) is 9.90 Å². The maximum Gasteiger partial charge on any atom is 0.242 e. The zero-order valence-electron chi connectivity index (χ0n) is 21.7. The van der Waals surface area contributed by atoms with Gasteiger partial charge >= 0.3 is 0 Å². The molecular weight excluding hydrogens is 476 g/mol. The third-order valence-electron chi connectivity index (χ3n) is 6.99. The molecule has 3 aliphatic heterocycles. The van der Waals surface area contributed by atoms with E-state index in [2.05, 4.69) is 0 Å². The highest BCUT2D eigenvalue weighted by molar-refractivity contribution is 5.82. The van der Waals surface area contributed by atoms with Crippen LogP contribution < -0.4 is 5.73 Å². The Hall–Kier alpha value is -2.37. The molecule has 2 aromatic rings. The van der Waals surface area contributed by atoms with Gasteiger partial charge in [0.2, 0.25) is 11.7 Å². The van der Waals surface area contributed by atoms with Crippen molar-refractivity contribution in [3.05, 3.63) is 71.8 Å². The van der Waals surface area contributed by atoms with E-state index in [1.54, 1.807) is 18.7 Å². The second kappa shape index (κ2) is 9.74. The van der Waals surface area contributed by atoms with Gasteiger partial charge in [-0.1, -0.05) is 60.7 Å². The van der Waals surface area contributed by atoms with E-state index in [1.165, 1.54) is 0 Å². The van der Waals surface area contributed by atoms with Crippen LogP contribution in [0.25, 0.3) is 0 Å². The minimum atomic E-state index is -1.70. The first-order valence-corrected chi connectivity index (χ1v) is 12.7. The molecule has 3 saturated heterocycles. The summed E-state index contributed by atoms with van der Waals surface area (Å²) in [6.45, 7) is 7.82. The molecule has 5 rings (SSSR count). The molecule has 9 heteroatoms. The molecule has 0 radical (unpaired) electrons. The molecule has 9 nitrogen and oxygen atoms in total. The Morgan fingerprint density at radius 1 is 0.946 bits per heavy atom. The number of aliphatic hydroxyl groups is 1. The maximum absolute atomic E-state index is 13.8. The number of ether oxygens (including phenoxy) is 5. The van der Waals surface area contributed by atoms with Gasteiger partial charge in [0.05, 0.1) is 6.61 Å². The van der Waals surface area contributed by atoms with Crippen LogP contribution in [0.1, 0.15) is 38.8 Å². The Balaban J connectivity index is 1.42. The van der Waals surface area contributed by atoms with E-state index in [0.717, 1.165) is 11.1 Å². The maximum atomic E-state index is 13.8. The standard InChI is InChI=1S/C28H36N2O7/c1-26(2)34-20-17-33-28(24(22(20)35-26)36-27(3,4)37-28)23(31)21(29)25(32)30(15-18-11-7-5-8-12-18)16-19-13-9-6-10-14-19/h5-14,20-24,31H,15-17,29H2,1-4H3/t20-,21+,22-,23-,24+,28+/m1/s1. The molecule has 3 fully saturated rings. The third-order valence-corrected chi connectivity index (χ3v) is 6.99. The topological polar surface area (TPSA) is 113 Å². The lowest BCUT2D eigenvalue weighted by molar-refractivity contribution is -0.319. The highest BCUT2D eigenvalue weighted by Gasteiger charge is 2.69. The van der Waals surface area contributed by atoms with Gasteiger partial charge in [0.15, 0.2) is 11.6 Å². The lowest BCUT2D eigenvalue weighted by atomic mass is 9.89. The van der Waals surface area contributed by atoms with Gasteiger partial charge in [-0.25, -0.2) is 0 Å². The molecule has 0 aromatic heterocycles. The van der Waals surface area contributed by atoms with Gasteiger partial charge < -0.3 is 39.4 Å². The van der Waals surface area contributed by atoms with Gasteiger partial charge in [-0.15, -0.1) is 0 Å². The Kier molecular flexibility index (Phi) is 6.91. The summed E-state index contributed by atoms with van der Waals surface area (Å²) in [5.74, 6) is -4.09. The van der Waals surface area contributed by atoms with Crippen molar-refractivity contribution in [2.45, 2.75) is 88.6 Å². The molecule has 3 N–H and O–H groups in total. The number of amides is 1. The molecular formula is C28H36N2O7. The van der Waals surface area contributed by atoms with Crippen LogP contribution in [0.3, 0.4) is 0 Å². The van der Waals surface area contributed by atoms with Crippen molar-refractivity contribution in [2.24, 2.45) is 5.73 Å². The van der Waals surface area contributed by atoms with Crippen molar-refractivity contribution in [3.8, 4) is 0 Å². The number of aliphatic hydroxyl groups excluding tert-OH is 1. The van der Waals surface area contributed by atoms with Gasteiger partial charge in [0, 0.05) is 13.1 Å². The molecule has 37 heavy (non-hydrogen) atoms. The molecule has 3 heterocycles. The smallest absolute Gasteiger partial charge is 0.242 e. The molecule has 0 bridgehead atoms. The summed E-state index contributed by atoms with van der Waals surface area (Å²) in [4.78, 5) is 15.5. The lowest BCUT2D eigenvalue weighted by Crippen LogP contribution is -2.69. The van der Waals surface area contributed by atoms with Gasteiger partial charge in [-0.05, 0) is 38.8 Å². The van der Waals surface area contributed by atoms with Gasteiger partial charge in [-0.3, -0.25) is 4.79 Å². The number of carbonyl (C=O) groups is 1. The van der Waals surface area contributed by atoms with Crippen LogP contribution in [-0.4, -0.2) is 70.3 Å². The zero-order chi connectivity index (χ0) is 26.4. The monoisotopic (exact) mass is 512 g/mol. The molecule has 0 spiro atoms.